The topological polar surface area (TPSA) is 77.7 Å². The third-order valence-corrected chi connectivity index (χ3v) is 4.82. The third-order valence-electron chi connectivity index (χ3n) is 4.82. The molecule has 0 N–H and O–H groups in total. The lowest BCUT2D eigenvalue weighted by atomic mass is 9.96. The maximum absolute atomic E-state index is 12.4. The molecular weight excluding hydrogens is 519 g/mol. The minimum absolute atomic E-state index is 0.302. The molecule has 1 heterocycles. The van der Waals surface area contributed by atoms with Crippen LogP contribution in [0, 0.1) is 11.8 Å². The lowest BCUT2D eigenvalue weighted by molar-refractivity contribution is -0.216. The summed E-state index contributed by atoms with van der Waals surface area (Å²) in [6.07, 6.45) is -13.7. The first-order chi connectivity index (χ1) is 16.1. The number of carbonyl (C=O) groups excluding carboxylic acids is 2. The van der Waals surface area contributed by atoms with Gasteiger partial charge in [0.1, 0.15) is 0 Å². The van der Waals surface area contributed by atoms with Crippen LogP contribution in [0.15, 0.2) is 12.2 Å². The van der Waals surface area contributed by atoms with E-state index in [0.717, 1.165) is 6.08 Å². The maximum Gasteiger partial charge on any atom is 0.454 e. The molecule has 0 aromatic carbocycles. The van der Waals surface area contributed by atoms with Gasteiger partial charge in [-0.15, -0.1) is 0 Å². The van der Waals surface area contributed by atoms with Crippen LogP contribution in [0.5, 0.6) is 0 Å². The summed E-state index contributed by atoms with van der Waals surface area (Å²) in [7, 11) is 0. The molecule has 0 radical (unpaired) electrons. The molecule has 0 aliphatic carbocycles. The first-order valence-electron chi connectivity index (χ1n) is 10.6. The van der Waals surface area contributed by atoms with Crippen LogP contribution in [0.1, 0.15) is 48.5 Å². The highest BCUT2D eigenvalue weighted by Gasteiger charge is 2.74. The third kappa shape index (κ3) is 12.0. The van der Waals surface area contributed by atoms with Gasteiger partial charge in [-0.3, -0.25) is 9.59 Å². The second kappa shape index (κ2) is 14.9. The van der Waals surface area contributed by atoms with E-state index < -0.39 is 59.9 Å². The molecule has 0 aromatic rings. The van der Waals surface area contributed by atoms with Gasteiger partial charge in [0.2, 0.25) is 5.78 Å². The Bertz CT molecular complexity index is 697. The van der Waals surface area contributed by atoms with Crippen molar-refractivity contribution in [3.63, 3.8) is 0 Å². The number of hydrogen-bond donors (Lipinski definition) is 0. The Kier molecular flexibility index (Phi) is 15.1. The van der Waals surface area contributed by atoms with Crippen molar-refractivity contribution in [1.82, 2.24) is 0 Å². The van der Waals surface area contributed by atoms with Gasteiger partial charge < -0.3 is 9.47 Å². The monoisotopic (exact) mass is 550 g/mol. The molecule has 0 spiro atoms. The second-order valence-corrected chi connectivity index (χ2v) is 7.45. The number of alkyl halides is 9. The first-order valence-corrected chi connectivity index (χ1v) is 10.6. The van der Waals surface area contributed by atoms with Gasteiger partial charge in [0, 0.05) is 13.2 Å². The number of ketones is 2. The molecular formula is C21H31F9O6. The van der Waals surface area contributed by atoms with Gasteiger partial charge in [0.25, 0.3) is 5.78 Å². The molecule has 15 heteroatoms. The molecule has 1 aliphatic rings. The second-order valence-electron chi connectivity index (χ2n) is 7.45. The Labute approximate surface area is 203 Å². The van der Waals surface area contributed by atoms with Crippen LogP contribution in [0.3, 0.4) is 0 Å². The standard InChI is InChI=1S/C8H13F3O3.C8H13F3O2.C5H5F3O/c1-4-12-6(3)5(2)7(13-14-7)8(9,10)11;1-4-13-6(3)5(2)7(12)8(9,10)11;1-2-3-4(9)5(6,7)8/h5-6H,4H2,1-3H3;5-6H,4H2,1-3H3;2-3H,1H3. The summed E-state index contributed by atoms with van der Waals surface area (Å²) in [6, 6.07) is 0. The van der Waals surface area contributed by atoms with Gasteiger partial charge in [-0.1, -0.05) is 19.9 Å². The molecule has 6 nitrogen and oxygen atoms in total. The highest BCUT2D eigenvalue weighted by molar-refractivity contribution is 5.94. The van der Waals surface area contributed by atoms with Crippen molar-refractivity contribution in [2.75, 3.05) is 13.2 Å². The Morgan fingerprint density at radius 1 is 0.806 bits per heavy atom. The van der Waals surface area contributed by atoms with Gasteiger partial charge in [0.05, 0.1) is 24.0 Å². The van der Waals surface area contributed by atoms with Crippen LogP contribution >= 0.6 is 0 Å². The van der Waals surface area contributed by atoms with Crippen molar-refractivity contribution in [2.45, 2.75) is 85.0 Å². The minimum Gasteiger partial charge on any atom is -0.378 e. The highest BCUT2D eigenvalue weighted by atomic mass is 19.4. The Balaban J connectivity index is 0. The molecule has 1 saturated heterocycles. The number of allylic oxidation sites excluding steroid dienone is 2. The summed E-state index contributed by atoms with van der Waals surface area (Å²) in [5.74, 6) is -8.03. The number of halogens is 9. The van der Waals surface area contributed by atoms with Crippen molar-refractivity contribution in [2.24, 2.45) is 11.8 Å². The molecule has 4 atom stereocenters. The van der Waals surface area contributed by atoms with Gasteiger partial charge in [-0.2, -0.15) is 49.3 Å². The quantitative estimate of drug-likeness (QED) is 0.149. The van der Waals surface area contributed by atoms with E-state index in [2.05, 4.69) is 9.78 Å². The summed E-state index contributed by atoms with van der Waals surface area (Å²) in [5.41, 5.74) is 0. The predicted molar refractivity (Wildman–Crippen MR) is 108 cm³/mol. The maximum atomic E-state index is 12.4. The van der Waals surface area contributed by atoms with Crippen molar-refractivity contribution >= 4 is 11.6 Å². The lowest BCUT2D eigenvalue weighted by Crippen LogP contribution is -2.43. The molecule has 214 valence electrons. The van der Waals surface area contributed by atoms with Crippen LogP contribution in [0.25, 0.3) is 0 Å². The summed E-state index contributed by atoms with van der Waals surface area (Å²) in [4.78, 5) is 28.7. The molecule has 1 aliphatic heterocycles. The van der Waals surface area contributed by atoms with E-state index >= 15 is 0 Å². The number of rotatable bonds is 9. The molecule has 0 saturated carbocycles. The van der Waals surface area contributed by atoms with Crippen LogP contribution in [0.2, 0.25) is 0 Å². The van der Waals surface area contributed by atoms with E-state index in [0.29, 0.717) is 19.3 Å². The van der Waals surface area contributed by atoms with Gasteiger partial charge in [0.15, 0.2) is 0 Å². The molecule has 1 rings (SSSR count). The van der Waals surface area contributed by atoms with E-state index in [9.17, 15) is 49.1 Å². The van der Waals surface area contributed by atoms with Gasteiger partial charge in [-0.25, -0.2) is 0 Å². The predicted octanol–water partition coefficient (Wildman–Crippen LogP) is 6.14. The van der Waals surface area contributed by atoms with Crippen LogP contribution < -0.4 is 0 Å². The number of ether oxygens (including phenoxy) is 2. The van der Waals surface area contributed by atoms with Gasteiger partial charge in [-0.05, 0) is 40.7 Å². The lowest BCUT2D eigenvalue weighted by Gasteiger charge is -2.24. The van der Waals surface area contributed by atoms with Crippen molar-refractivity contribution in [3.05, 3.63) is 12.2 Å². The fourth-order valence-corrected chi connectivity index (χ4v) is 2.39. The van der Waals surface area contributed by atoms with Crippen molar-refractivity contribution in [3.8, 4) is 0 Å². The van der Waals surface area contributed by atoms with Crippen LogP contribution in [0.4, 0.5) is 39.5 Å². The molecule has 0 amide bonds. The van der Waals surface area contributed by atoms with E-state index in [1.807, 2.05) is 0 Å². The summed E-state index contributed by atoms with van der Waals surface area (Å²) in [5, 5.41) is 0. The molecule has 0 bridgehead atoms. The number of hydrogen-bond acceptors (Lipinski definition) is 6. The van der Waals surface area contributed by atoms with Crippen molar-refractivity contribution < 1.29 is 68.4 Å². The zero-order valence-electron chi connectivity index (χ0n) is 20.7. The van der Waals surface area contributed by atoms with Crippen LogP contribution in [-0.4, -0.2) is 61.3 Å². The molecule has 4 unspecified atom stereocenters. The number of carbonyl (C=O) groups is 2. The van der Waals surface area contributed by atoms with E-state index in [1.165, 1.54) is 27.7 Å². The normalized spacial score (nSPS) is 18.7. The number of Topliss-reactive ketones (excluding diaryl/α,β-unsaturated/α-hetero) is 1. The summed E-state index contributed by atoms with van der Waals surface area (Å²) >= 11 is 0. The average Bonchev–Trinajstić information content (AvgIpc) is 3.54. The Hall–Kier alpha value is -1.71. The molecule has 0 aromatic heterocycles. The SMILES string of the molecule is CC=CC(=O)C(F)(F)F.CCOC(C)C(C)C(=O)C(F)(F)F.CCOC(C)C(C)C1(C(F)(F)F)OO1. The van der Waals surface area contributed by atoms with Crippen molar-refractivity contribution in [1.29, 1.82) is 0 Å². The first kappa shape index (κ1) is 36.4. The zero-order valence-corrected chi connectivity index (χ0v) is 20.7. The fraction of sp³-hybridized carbons (Fsp3) is 0.810. The van der Waals surface area contributed by atoms with E-state index in [1.54, 1.807) is 20.8 Å². The summed E-state index contributed by atoms with van der Waals surface area (Å²) in [6.45, 7) is 11.0. The van der Waals surface area contributed by atoms with E-state index in [4.69, 9.17) is 9.47 Å². The highest BCUT2D eigenvalue weighted by Crippen LogP contribution is 2.51. The minimum atomic E-state index is -4.76. The fourth-order valence-electron chi connectivity index (χ4n) is 2.39. The largest absolute Gasteiger partial charge is 0.454 e. The zero-order chi connectivity index (χ0) is 29.1. The van der Waals surface area contributed by atoms with Gasteiger partial charge >= 0.3 is 24.3 Å². The Morgan fingerprint density at radius 2 is 1.22 bits per heavy atom. The Morgan fingerprint density at radius 3 is 1.47 bits per heavy atom. The van der Waals surface area contributed by atoms with Crippen LogP contribution in [-0.2, 0) is 28.8 Å². The van der Waals surface area contributed by atoms with E-state index in [-0.39, 0.29) is 0 Å². The molecule has 1 fully saturated rings. The summed E-state index contributed by atoms with van der Waals surface area (Å²) < 4.78 is 117. The average molecular weight is 550 g/mol. The molecule has 36 heavy (non-hydrogen) atoms. The smallest absolute Gasteiger partial charge is 0.378 e.